The molecule has 2 N–H and O–H groups in total. The molecule has 0 saturated heterocycles. The molecule has 0 aliphatic carbocycles. The molecular formula is C22H20N4O6S. The van der Waals surface area contributed by atoms with E-state index < -0.39 is 21.7 Å². The summed E-state index contributed by atoms with van der Waals surface area (Å²) in [4.78, 5) is 25.2. The van der Waals surface area contributed by atoms with Crippen LogP contribution in [0.1, 0.15) is 22.4 Å². The number of rotatable bonds is 4. The molecule has 0 radical (unpaired) electrons. The summed E-state index contributed by atoms with van der Waals surface area (Å²) in [6.07, 6.45) is 0. The van der Waals surface area contributed by atoms with Gasteiger partial charge >= 0.3 is 11.8 Å². The highest BCUT2D eigenvalue weighted by molar-refractivity contribution is 7.90. The van der Waals surface area contributed by atoms with Gasteiger partial charge in [-0.1, -0.05) is 18.2 Å². The maximum Gasteiger partial charge on any atom is 0.314 e. The number of fused-ring (bicyclic) bond motifs is 2. The van der Waals surface area contributed by atoms with Gasteiger partial charge in [0, 0.05) is 12.1 Å². The lowest BCUT2D eigenvalue weighted by Gasteiger charge is -2.12. The quantitative estimate of drug-likeness (QED) is 0.557. The Morgan fingerprint density at radius 3 is 2.70 bits per heavy atom. The first kappa shape index (κ1) is 21.0. The number of aryl methyl sites for hydroxylation is 1. The van der Waals surface area contributed by atoms with Crippen LogP contribution in [-0.2, 0) is 37.5 Å². The zero-order valence-electron chi connectivity index (χ0n) is 17.6. The van der Waals surface area contributed by atoms with Gasteiger partial charge in [0.1, 0.15) is 5.82 Å². The Morgan fingerprint density at radius 1 is 1.06 bits per heavy atom. The van der Waals surface area contributed by atoms with Gasteiger partial charge in [0.05, 0.1) is 22.9 Å². The number of carbonyl (C=O) groups excluding carboxylic acids is 2. The maximum absolute atomic E-state index is 12.7. The number of ether oxygens (including phenoxy) is 2. The number of benzene rings is 2. The van der Waals surface area contributed by atoms with E-state index in [-0.39, 0.29) is 30.7 Å². The molecule has 2 amide bonds. The Kier molecular flexibility index (Phi) is 5.05. The largest absolute Gasteiger partial charge is 0.454 e. The Balaban J connectivity index is 1.35. The van der Waals surface area contributed by atoms with Crippen LogP contribution in [-0.4, -0.2) is 36.8 Å². The molecule has 11 heteroatoms. The van der Waals surface area contributed by atoms with Gasteiger partial charge in [-0.25, -0.2) is 13.1 Å². The van der Waals surface area contributed by atoms with E-state index in [1.54, 1.807) is 24.3 Å². The van der Waals surface area contributed by atoms with E-state index in [1.807, 2.05) is 25.1 Å². The van der Waals surface area contributed by atoms with Crippen molar-refractivity contribution in [3.8, 4) is 17.2 Å². The van der Waals surface area contributed by atoms with Crippen LogP contribution in [0.25, 0.3) is 5.69 Å². The van der Waals surface area contributed by atoms with E-state index in [0.29, 0.717) is 28.4 Å². The third-order valence-corrected chi connectivity index (χ3v) is 6.80. The minimum atomic E-state index is -3.35. The fourth-order valence-corrected chi connectivity index (χ4v) is 5.29. The molecular weight excluding hydrogens is 448 g/mol. The number of nitrogens with one attached hydrogen (secondary N) is 2. The average Bonchev–Trinajstić information content (AvgIpc) is 3.44. The molecule has 5 rings (SSSR count). The SMILES string of the molecule is Cc1cccc(-n2nc3c(c2NC(=O)C(=O)NCc2ccc4c(c2)OCO4)CS(=O)(=O)C3)c1. The molecule has 2 aromatic carbocycles. The van der Waals surface area contributed by atoms with Crippen LogP contribution >= 0.6 is 0 Å². The molecule has 0 bridgehead atoms. The molecule has 0 saturated carbocycles. The summed E-state index contributed by atoms with van der Waals surface area (Å²) in [6, 6.07) is 12.6. The van der Waals surface area contributed by atoms with Crippen molar-refractivity contribution >= 4 is 27.5 Å². The number of hydrogen-bond donors (Lipinski definition) is 2. The minimum Gasteiger partial charge on any atom is -0.454 e. The van der Waals surface area contributed by atoms with Crippen LogP contribution in [0, 0.1) is 6.92 Å². The molecule has 3 aromatic rings. The highest BCUT2D eigenvalue weighted by Gasteiger charge is 2.34. The van der Waals surface area contributed by atoms with Crippen LogP contribution in [0.2, 0.25) is 0 Å². The first-order valence-electron chi connectivity index (χ1n) is 10.1. The topological polar surface area (TPSA) is 129 Å². The van der Waals surface area contributed by atoms with E-state index >= 15 is 0 Å². The molecule has 0 fully saturated rings. The Labute approximate surface area is 189 Å². The lowest BCUT2D eigenvalue weighted by molar-refractivity contribution is -0.136. The molecule has 33 heavy (non-hydrogen) atoms. The summed E-state index contributed by atoms with van der Waals surface area (Å²) >= 11 is 0. The van der Waals surface area contributed by atoms with E-state index in [9.17, 15) is 18.0 Å². The average molecular weight is 468 g/mol. The van der Waals surface area contributed by atoms with Crippen molar-refractivity contribution in [2.45, 2.75) is 25.0 Å². The second-order valence-corrected chi connectivity index (χ2v) is 9.95. The number of sulfone groups is 1. The van der Waals surface area contributed by atoms with Crippen molar-refractivity contribution in [1.82, 2.24) is 15.1 Å². The summed E-state index contributed by atoms with van der Waals surface area (Å²) in [6.45, 7) is 2.15. The van der Waals surface area contributed by atoms with Gasteiger partial charge in [0.25, 0.3) is 0 Å². The molecule has 1 aromatic heterocycles. The zero-order valence-corrected chi connectivity index (χ0v) is 18.4. The van der Waals surface area contributed by atoms with Crippen LogP contribution < -0.4 is 20.1 Å². The number of carbonyl (C=O) groups is 2. The predicted octanol–water partition coefficient (Wildman–Crippen LogP) is 1.59. The van der Waals surface area contributed by atoms with E-state index in [0.717, 1.165) is 11.1 Å². The number of aromatic nitrogens is 2. The van der Waals surface area contributed by atoms with E-state index in [4.69, 9.17) is 9.47 Å². The number of amides is 2. The standard InChI is InChI=1S/C22H20N4O6S/c1-13-3-2-4-15(7-13)26-20(16-10-33(29,30)11-17(16)25-26)24-22(28)21(27)23-9-14-5-6-18-19(8-14)32-12-31-18/h2-8H,9-12H2,1H3,(H,23,27)(H,24,28). The van der Waals surface area contributed by atoms with Gasteiger partial charge in [0.15, 0.2) is 21.3 Å². The molecule has 10 nitrogen and oxygen atoms in total. The highest BCUT2D eigenvalue weighted by atomic mass is 32.2. The van der Waals surface area contributed by atoms with Crippen molar-refractivity contribution < 1.29 is 27.5 Å². The third-order valence-electron chi connectivity index (χ3n) is 5.36. The summed E-state index contributed by atoms with van der Waals surface area (Å²) in [5.41, 5.74) is 3.12. The minimum absolute atomic E-state index is 0.104. The molecule has 0 atom stereocenters. The second kappa shape index (κ2) is 7.93. The van der Waals surface area contributed by atoms with Gasteiger partial charge in [-0.05, 0) is 42.3 Å². The second-order valence-electron chi connectivity index (χ2n) is 7.88. The van der Waals surface area contributed by atoms with Gasteiger partial charge in [-0.15, -0.1) is 0 Å². The van der Waals surface area contributed by atoms with E-state index in [1.165, 1.54) is 4.68 Å². The van der Waals surface area contributed by atoms with E-state index in [2.05, 4.69) is 15.7 Å². The smallest absolute Gasteiger partial charge is 0.314 e. The van der Waals surface area contributed by atoms with Crippen LogP contribution in [0.5, 0.6) is 11.5 Å². The maximum atomic E-state index is 12.7. The Morgan fingerprint density at radius 2 is 1.88 bits per heavy atom. The lowest BCUT2D eigenvalue weighted by atomic mass is 10.2. The predicted molar refractivity (Wildman–Crippen MR) is 118 cm³/mol. The number of anilines is 1. The first-order valence-corrected chi connectivity index (χ1v) is 12.0. The highest BCUT2D eigenvalue weighted by Crippen LogP contribution is 2.34. The summed E-state index contributed by atoms with van der Waals surface area (Å²) in [5.74, 6) is -0.861. The van der Waals surface area contributed by atoms with Crippen molar-refractivity contribution in [2.24, 2.45) is 0 Å². The Bertz CT molecular complexity index is 1400. The van der Waals surface area contributed by atoms with Crippen molar-refractivity contribution in [1.29, 1.82) is 0 Å². The molecule has 0 spiro atoms. The van der Waals surface area contributed by atoms with Crippen molar-refractivity contribution in [2.75, 3.05) is 12.1 Å². The summed E-state index contributed by atoms with van der Waals surface area (Å²) < 4.78 is 36.2. The van der Waals surface area contributed by atoms with Crippen molar-refractivity contribution in [3.63, 3.8) is 0 Å². The van der Waals surface area contributed by atoms with Crippen LogP contribution in [0.4, 0.5) is 5.82 Å². The van der Waals surface area contributed by atoms with Crippen LogP contribution in [0.15, 0.2) is 42.5 Å². The lowest BCUT2D eigenvalue weighted by Crippen LogP contribution is -2.35. The third kappa shape index (κ3) is 4.14. The van der Waals surface area contributed by atoms with Gasteiger partial charge < -0.3 is 20.1 Å². The molecule has 170 valence electrons. The summed E-state index contributed by atoms with van der Waals surface area (Å²) in [7, 11) is -3.35. The van der Waals surface area contributed by atoms with Gasteiger partial charge in [-0.3, -0.25) is 9.59 Å². The summed E-state index contributed by atoms with van der Waals surface area (Å²) in [5, 5.41) is 9.53. The normalized spacial score (nSPS) is 15.2. The fraction of sp³-hybridized carbons (Fsp3) is 0.227. The van der Waals surface area contributed by atoms with Gasteiger partial charge in [0.2, 0.25) is 6.79 Å². The molecule has 2 aliphatic rings. The van der Waals surface area contributed by atoms with Crippen LogP contribution in [0.3, 0.4) is 0 Å². The zero-order chi connectivity index (χ0) is 23.2. The fourth-order valence-electron chi connectivity index (χ4n) is 3.80. The van der Waals surface area contributed by atoms with Gasteiger partial charge in [-0.2, -0.15) is 5.10 Å². The Hall–Kier alpha value is -3.86. The number of nitrogens with zero attached hydrogens (tertiary/aromatic N) is 2. The first-order chi connectivity index (χ1) is 15.8. The monoisotopic (exact) mass is 468 g/mol. The van der Waals surface area contributed by atoms with Crippen molar-refractivity contribution in [3.05, 3.63) is 64.8 Å². The molecule has 3 heterocycles. The molecule has 0 unspecified atom stereocenters. The molecule has 2 aliphatic heterocycles. The number of hydrogen-bond acceptors (Lipinski definition) is 7.